The van der Waals surface area contributed by atoms with Gasteiger partial charge in [-0.1, -0.05) is 24.3 Å². The maximum Gasteiger partial charge on any atom is 0.305 e. The summed E-state index contributed by atoms with van der Waals surface area (Å²) in [7, 11) is 1.33. The third kappa shape index (κ3) is 3.90. The van der Waals surface area contributed by atoms with Crippen LogP contribution in [0.4, 0.5) is 0 Å². The summed E-state index contributed by atoms with van der Waals surface area (Å²) in [4.78, 5) is 22.7. The third-order valence-electron chi connectivity index (χ3n) is 3.61. The summed E-state index contributed by atoms with van der Waals surface area (Å²) in [6.07, 6.45) is 2.47. The van der Waals surface area contributed by atoms with E-state index in [9.17, 15) is 9.59 Å². The number of methoxy groups -OCH3 is 1. The van der Waals surface area contributed by atoms with Gasteiger partial charge in [-0.15, -0.1) is 0 Å². The molecule has 1 aromatic carbocycles. The largest absolute Gasteiger partial charge is 0.469 e. The molecule has 0 amide bonds. The fourth-order valence-electron chi connectivity index (χ4n) is 2.48. The Bertz CT molecular complexity index is 481. The van der Waals surface area contributed by atoms with E-state index in [1.54, 1.807) is 0 Å². The zero-order valence-electron chi connectivity index (χ0n) is 11.8. The van der Waals surface area contributed by atoms with Crippen molar-refractivity contribution in [2.75, 3.05) is 13.7 Å². The van der Waals surface area contributed by atoms with Crippen LogP contribution >= 0.6 is 0 Å². The smallest absolute Gasteiger partial charge is 0.305 e. The minimum atomic E-state index is -0.336. The van der Waals surface area contributed by atoms with Crippen LogP contribution in [0.3, 0.4) is 0 Å². The van der Waals surface area contributed by atoms with Gasteiger partial charge in [-0.2, -0.15) is 0 Å². The quantitative estimate of drug-likeness (QED) is 0.749. The van der Waals surface area contributed by atoms with Gasteiger partial charge in [0.15, 0.2) is 0 Å². The molecule has 0 bridgehead atoms. The fraction of sp³-hybridized carbons (Fsp3) is 0.500. The SMILES string of the molecule is COC(=O)CCC(=O)CCC1OCCc2ccccc21. The van der Waals surface area contributed by atoms with Crippen LogP contribution in [-0.4, -0.2) is 25.5 Å². The minimum absolute atomic E-state index is 0.00188. The maximum atomic E-state index is 11.8. The lowest BCUT2D eigenvalue weighted by Gasteiger charge is -2.25. The standard InChI is InChI=1S/C16H20O4/c1-19-16(18)9-7-13(17)6-8-15-14-5-3-2-4-12(14)10-11-20-15/h2-5,15H,6-11H2,1H3. The second-order valence-corrected chi connectivity index (χ2v) is 4.96. The number of ether oxygens (including phenoxy) is 2. The summed E-state index contributed by atoms with van der Waals surface area (Å²) >= 11 is 0. The van der Waals surface area contributed by atoms with Gasteiger partial charge in [0, 0.05) is 12.8 Å². The molecular weight excluding hydrogens is 256 g/mol. The number of benzene rings is 1. The molecule has 1 aliphatic heterocycles. The molecule has 0 radical (unpaired) electrons. The molecule has 108 valence electrons. The van der Waals surface area contributed by atoms with Crippen molar-refractivity contribution in [2.24, 2.45) is 0 Å². The summed E-state index contributed by atoms with van der Waals surface area (Å²) in [5.41, 5.74) is 2.50. The zero-order chi connectivity index (χ0) is 14.4. The summed E-state index contributed by atoms with van der Waals surface area (Å²) in [6.45, 7) is 0.706. The first-order valence-corrected chi connectivity index (χ1v) is 6.98. The third-order valence-corrected chi connectivity index (χ3v) is 3.61. The van der Waals surface area contributed by atoms with Gasteiger partial charge in [0.05, 0.1) is 26.2 Å². The Kier molecular flexibility index (Phi) is 5.30. The van der Waals surface area contributed by atoms with Gasteiger partial charge in [-0.25, -0.2) is 0 Å². The van der Waals surface area contributed by atoms with Crippen molar-refractivity contribution in [3.05, 3.63) is 35.4 Å². The number of hydrogen-bond donors (Lipinski definition) is 0. The lowest BCUT2D eigenvalue weighted by atomic mass is 9.94. The van der Waals surface area contributed by atoms with Crippen LogP contribution in [0.25, 0.3) is 0 Å². The molecule has 1 atom stereocenters. The number of esters is 1. The normalized spacial score (nSPS) is 17.4. The van der Waals surface area contributed by atoms with Crippen LogP contribution in [0.15, 0.2) is 24.3 Å². The van der Waals surface area contributed by atoms with Crippen molar-refractivity contribution in [1.82, 2.24) is 0 Å². The molecule has 1 aliphatic rings. The van der Waals surface area contributed by atoms with Crippen molar-refractivity contribution in [2.45, 2.75) is 38.2 Å². The van der Waals surface area contributed by atoms with Gasteiger partial charge >= 0.3 is 5.97 Å². The highest BCUT2D eigenvalue weighted by atomic mass is 16.5. The number of Topliss-reactive ketones (excluding diaryl/α,β-unsaturated/α-hetero) is 1. The van der Waals surface area contributed by atoms with Gasteiger partial charge in [0.2, 0.25) is 0 Å². The predicted molar refractivity (Wildman–Crippen MR) is 74.3 cm³/mol. The molecule has 4 nitrogen and oxygen atoms in total. The molecule has 2 rings (SSSR count). The van der Waals surface area contributed by atoms with Crippen molar-refractivity contribution < 1.29 is 19.1 Å². The van der Waals surface area contributed by atoms with Crippen molar-refractivity contribution >= 4 is 11.8 Å². The van der Waals surface area contributed by atoms with Crippen LogP contribution in [-0.2, 0) is 25.5 Å². The second-order valence-electron chi connectivity index (χ2n) is 4.96. The van der Waals surface area contributed by atoms with Gasteiger partial charge in [0.25, 0.3) is 0 Å². The molecule has 0 N–H and O–H groups in total. The van der Waals surface area contributed by atoms with E-state index < -0.39 is 0 Å². The number of ketones is 1. The Morgan fingerprint density at radius 1 is 1.25 bits per heavy atom. The molecule has 0 aromatic heterocycles. The topological polar surface area (TPSA) is 52.6 Å². The number of hydrogen-bond acceptors (Lipinski definition) is 4. The van der Waals surface area contributed by atoms with E-state index in [4.69, 9.17) is 4.74 Å². The van der Waals surface area contributed by atoms with Crippen LogP contribution in [0.5, 0.6) is 0 Å². The minimum Gasteiger partial charge on any atom is -0.469 e. The number of carbonyl (C=O) groups excluding carboxylic acids is 2. The van der Waals surface area contributed by atoms with E-state index in [0.29, 0.717) is 19.4 Å². The first-order valence-electron chi connectivity index (χ1n) is 6.98. The predicted octanol–water partition coefficient (Wildman–Crippen LogP) is 2.60. The average molecular weight is 276 g/mol. The van der Waals surface area contributed by atoms with Gasteiger partial charge in [-0.05, 0) is 24.0 Å². The molecule has 20 heavy (non-hydrogen) atoms. The van der Waals surface area contributed by atoms with Gasteiger partial charge < -0.3 is 9.47 Å². The molecule has 1 heterocycles. The molecule has 0 saturated carbocycles. The first kappa shape index (κ1) is 14.7. The highest BCUT2D eigenvalue weighted by Gasteiger charge is 2.21. The summed E-state index contributed by atoms with van der Waals surface area (Å²) < 4.78 is 10.3. The van der Waals surface area contributed by atoms with E-state index in [1.807, 2.05) is 12.1 Å². The van der Waals surface area contributed by atoms with Crippen LogP contribution < -0.4 is 0 Å². The lowest BCUT2D eigenvalue weighted by molar-refractivity contribution is -0.142. The maximum absolute atomic E-state index is 11.8. The molecule has 0 spiro atoms. The Hall–Kier alpha value is -1.68. The fourth-order valence-corrected chi connectivity index (χ4v) is 2.48. The number of carbonyl (C=O) groups is 2. The zero-order valence-corrected chi connectivity index (χ0v) is 11.8. The average Bonchev–Trinajstić information content (AvgIpc) is 2.50. The molecule has 0 aliphatic carbocycles. The summed E-state index contributed by atoms with van der Waals surface area (Å²) in [6, 6.07) is 8.21. The Balaban J connectivity index is 1.83. The van der Waals surface area contributed by atoms with E-state index in [2.05, 4.69) is 16.9 Å². The van der Waals surface area contributed by atoms with Crippen LogP contribution in [0.1, 0.15) is 42.9 Å². The van der Waals surface area contributed by atoms with Crippen molar-refractivity contribution in [1.29, 1.82) is 0 Å². The van der Waals surface area contributed by atoms with Gasteiger partial charge in [0.1, 0.15) is 5.78 Å². The number of rotatable bonds is 6. The van der Waals surface area contributed by atoms with Crippen LogP contribution in [0, 0.1) is 0 Å². The molecule has 0 fully saturated rings. The van der Waals surface area contributed by atoms with Gasteiger partial charge in [-0.3, -0.25) is 9.59 Å². The molecular formula is C16H20O4. The Morgan fingerprint density at radius 3 is 2.85 bits per heavy atom. The number of fused-ring (bicyclic) bond motifs is 1. The second kappa shape index (κ2) is 7.20. The van der Waals surface area contributed by atoms with Crippen LogP contribution in [0.2, 0.25) is 0 Å². The lowest BCUT2D eigenvalue weighted by Crippen LogP contribution is -2.17. The monoisotopic (exact) mass is 276 g/mol. The Labute approximate surface area is 119 Å². The summed E-state index contributed by atoms with van der Waals surface area (Å²) in [5, 5.41) is 0. The van der Waals surface area contributed by atoms with E-state index >= 15 is 0 Å². The molecule has 1 aromatic rings. The molecule has 4 heteroatoms. The molecule has 1 unspecified atom stereocenters. The van der Waals surface area contributed by atoms with Crippen molar-refractivity contribution in [3.8, 4) is 0 Å². The van der Waals surface area contributed by atoms with E-state index in [-0.39, 0.29) is 30.7 Å². The van der Waals surface area contributed by atoms with E-state index in [1.165, 1.54) is 18.2 Å². The van der Waals surface area contributed by atoms with E-state index in [0.717, 1.165) is 6.42 Å². The first-order chi connectivity index (χ1) is 9.70. The Morgan fingerprint density at radius 2 is 2.05 bits per heavy atom. The highest BCUT2D eigenvalue weighted by Crippen LogP contribution is 2.30. The highest BCUT2D eigenvalue weighted by molar-refractivity contribution is 5.82. The molecule has 0 saturated heterocycles. The summed E-state index contributed by atoms with van der Waals surface area (Å²) in [5.74, 6) is -0.250. The van der Waals surface area contributed by atoms with Crippen molar-refractivity contribution in [3.63, 3.8) is 0 Å².